The third-order valence-corrected chi connectivity index (χ3v) is 17.5. The van der Waals surface area contributed by atoms with Crippen molar-refractivity contribution in [3.63, 3.8) is 0 Å². The highest BCUT2D eigenvalue weighted by molar-refractivity contribution is 6.90. The van der Waals surface area contributed by atoms with Gasteiger partial charge in [0.05, 0.1) is 11.0 Å². The Labute approximate surface area is 471 Å². The first-order valence-corrected chi connectivity index (χ1v) is 28.2. The zero-order valence-corrected chi connectivity index (χ0v) is 46.1. The molecular formula is C75H54BN5. The molecule has 5 heterocycles. The number of rotatable bonds is 7. The minimum absolute atomic E-state index is 0.154. The third-order valence-electron chi connectivity index (χ3n) is 17.5. The second-order valence-corrected chi connectivity index (χ2v) is 22.7. The van der Waals surface area contributed by atoms with Crippen LogP contribution in [0.4, 0.5) is 0 Å². The van der Waals surface area contributed by atoms with Crippen LogP contribution in [0.2, 0.25) is 0 Å². The molecule has 6 heteroatoms. The van der Waals surface area contributed by atoms with Crippen LogP contribution in [-0.2, 0) is 0 Å². The molecule has 382 valence electrons. The number of hydrogen-bond donors (Lipinski definition) is 0. The predicted octanol–water partition coefficient (Wildman–Crippen LogP) is 17.5. The number of aryl methyl sites for hydroxylation is 6. The first kappa shape index (κ1) is 47.1. The highest BCUT2D eigenvalue weighted by atomic mass is 15.0. The van der Waals surface area contributed by atoms with Crippen molar-refractivity contribution in [2.45, 2.75) is 41.5 Å². The molecule has 5 nitrogen and oxygen atoms in total. The van der Waals surface area contributed by atoms with Gasteiger partial charge in [-0.2, -0.15) is 0 Å². The van der Waals surface area contributed by atoms with Crippen molar-refractivity contribution < 1.29 is 0 Å². The van der Waals surface area contributed by atoms with Gasteiger partial charge in [-0.15, -0.1) is 0 Å². The Bertz CT molecular complexity index is 4870. The van der Waals surface area contributed by atoms with Crippen molar-refractivity contribution in [3.05, 3.63) is 252 Å². The summed E-state index contributed by atoms with van der Waals surface area (Å²) in [6.07, 6.45) is 0. The van der Waals surface area contributed by atoms with Gasteiger partial charge in [0.15, 0.2) is 17.5 Å². The summed E-state index contributed by atoms with van der Waals surface area (Å²) in [6, 6.07) is 80.7. The van der Waals surface area contributed by atoms with Crippen molar-refractivity contribution in [1.29, 1.82) is 0 Å². The van der Waals surface area contributed by atoms with Gasteiger partial charge in [0.2, 0.25) is 0 Å². The number of aromatic nitrogens is 5. The molecule has 14 aromatic rings. The molecule has 81 heavy (non-hydrogen) atoms. The predicted molar refractivity (Wildman–Crippen MR) is 339 cm³/mol. The zero-order chi connectivity index (χ0) is 54.4. The van der Waals surface area contributed by atoms with Crippen LogP contribution < -0.4 is 10.9 Å². The molecule has 0 atom stereocenters. The van der Waals surface area contributed by atoms with E-state index >= 15 is 0 Å². The number of nitrogens with zero attached hydrogens (tertiary/aromatic N) is 5. The van der Waals surface area contributed by atoms with Gasteiger partial charge in [-0.25, -0.2) is 15.0 Å². The first-order valence-electron chi connectivity index (χ1n) is 28.2. The largest absolute Gasteiger partial charge is 0.375 e. The molecule has 11 aromatic carbocycles. The van der Waals surface area contributed by atoms with Crippen LogP contribution in [0.5, 0.6) is 0 Å². The lowest BCUT2D eigenvalue weighted by Gasteiger charge is -2.36. The van der Waals surface area contributed by atoms with Gasteiger partial charge >= 0.3 is 6.85 Å². The molecule has 0 aliphatic carbocycles. The fourth-order valence-electron chi connectivity index (χ4n) is 14.4. The lowest BCUT2D eigenvalue weighted by Crippen LogP contribution is -2.55. The average molecular weight is 1040 g/mol. The lowest BCUT2D eigenvalue weighted by atomic mass is 9.45. The maximum absolute atomic E-state index is 5.14. The van der Waals surface area contributed by atoms with Crippen molar-refractivity contribution in [2.24, 2.45) is 0 Å². The molecule has 0 fully saturated rings. The number of para-hydroxylation sites is 2. The van der Waals surface area contributed by atoms with Crippen molar-refractivity contribution in [2.75, 3.05) is 0 Å². The second-order valence-electron chi connectivity index (χ2n) is 22.7. The summed E-state index contributed by atoms with van der Waals surface area (Å²) in [5.74, 6) is 1.91. The van der Waals surface area contributed by atoms with Gasteiger partial charge in [-0.05, 0) is 155 Å². The van der Waals surface area contributed by atoms with Gasteiger partial charge < -0.3 is 9.05 Å². The van der Waals surface area contributed by atoms with E-state index in [1.54, 1.807) is 0 Å². The maximum Gasteiger partial charge on any atom is 0.333 e. The monoisotopic (exact) mass is 1040 g/mol. The minimum Gasteiger partial charge on any atom is -0.375 e. The molecule has 2 aliphatic rings. The summed E-state index contributed by atoms with van der Waals surface area (Å²) in [5, 5.41) is 5.05. The number of benzene rings is 11. The van der Waals surface area contributed by atoms with Crippen LogP contribution >= 0.6 is 0 Å². The average Bonchev–Trinajstić information content (AvgIpc) is 1.90. The molecule has 16 rings (SSSR count). The van der Waals surface area contributed by atoms with Crippen LogP contribution in [0.3, 0.4) is 0 Å². The van der Waals surface area contributed by atoms with Crippen molar-refractivity contribution in [3.8, 4) is 95.5 Å². The summed E-state index contributed by atoms with van der Waals surface area (Å²) in [6.45, 7) is 13.4. The van der Waals surface area contributed by atoms with Crippen molar-refractivity contribution in [1.82, 2.24) is 24.0 Å². The van der Waals surface area contributed by atoms with E-state index in [-0.39, 0.29) is 6.85 Å². The third kappa shape index (κ3) is 7.09. The molecule has 0 saturated heterocycles. The van der Waals surface area contributed by atoms with Crippen LogP contribution in [0, 0.1) is 41.5 Å². The van der Waals surface area contributed by atoms with E-state index in [2.05, 4.69) is 233 Å². The smallest absolute Gasteiger partial charge is 0.333 e. The van der Waals surface area contributed by atoms with Crippen LogP contribution in [0.25, 0.3) is 139 Å². The van der Waals surface area contributed by atoms with Crippen LogP contribution in [0.1, 0.15) is 33.4 Å². The van der Waals surface area contributed by atoms with E-state index < -0.39 is 0 Å². The van der Waals surface area contributed by atoms with Crippen molar-refractivity contribution >= 4 is 61.4 Å². The normalized spacial score (nSPS) is 12.3. The fraction of sp³-hybridized carbons (Fsp3) is 0.0800. The molecule has 0 saturated carbocycles. The van der Waals surface area contributed by atoms with Crippen LogP contribution in [-0.4, -0.2) is 30.8 Å². The Morgan fingerprint density at radius 1 is 0.321 bits per heavy atom. The molecular weight excluding hydrogens is 982 g/mol. The Balaban J connectivity index is 1.02. The first-order chi connectivity index (χ1) is 39.6. The van der Waals surface area contributed by atoms with E-state index in [1.165, 1.54) is 138 Å². The van der Waals surface area contributed by atoms with E-state index in [1.807, 2.05) is 36.4 Å². The highest BCUT2D eigenvalue weighted by Crippen LogP contribution is 2.50. The molecule has 0 radical (unpaired) electrons. The molecule has 2 aliphatic heterocycles. The number of hydrogen-bond acceptors (Lipinski definition) is 3. The Kier molecular flexibility index (Phi) is 10.4. The topological polar surface area (TPSA) is 48.5 Å². The van der Waals surface area contributed by atoms with Gasteiger partial charge in [-0.1, -0.05) is 199 Å². The summed E-state index contributed by atoms with van der Waals surface area (Å²) in [4.78, 5) is 15.3. The Hall–Kier alpha value is -9.91. The van der Waals surface area contributed by atoms with E-state index in [0.717, 1.165) is 27.8 Å². The van der Waals surface area contributed by atoms with Gasteiger partial charge in [0.1, 0.15) is 0 Å². The zero-order valence-electron chi connectivity index (χ0n) is 46.1. The maximum atomic E-state index is 5.14. The summed E-state index contributed by atoms with van der Waals surface area (Å²) in [5.41, 5.74) is 31.6. The number of fused-ring (bicyclic) bond motifs is 10. The molecule has 0 bridgehead atoms. The minimum atomic E-state index is -0.154. The Morgan fingerprint density at radius 3 is 1.44 bits per heavy atom. The van der Waals surface area contributed by atoms with E-state index in [4.69, 9.17) is 15.0 Å². The van der Waals surface area contributed by atoms with E-state index in [0.29, 0.717) is 17.5 Å². The Morgan fingerprint density at radius 2 is 0.827 bits per heavy atom. The molecule has 3 aromatic heterocycles. The van der Waals surface area contributed by atoms with Crippen LogP contribution in [0.15, 0.2) is 218 Å². The van der Waals surface area contributed by atoms with Gasteiger partial charge in [0.25, 0.3) is 0 Å². The molecule has 0 amide bonds. The lowest BCUT2D eigenvalue weighted by molar-refractivity contribution is 1.07. The molecule has 0 unspecified atom stereocenters. The highest BCUT2D eigenvalue weighted by Gasteiger charge is 2.43. The standard InChI is InChI=1S/C75H54BN5/c1-43-35-45(3)66(46(4)36-43)54-33-34-63-60(39-54)61-40-55(67-47(5)37-44(2)38-48(67)6)41-62-72(61)80(63)65-42-59(49-29-31-53(32-30-49)75-78-73(51-21-12-8-13-22-51)77-74(79-75)52-23-14-9-15-24-52)68(50-19-10-7-11-20-50)69-58-27-18-26-57-56-25-16-17-28-64(56)81(71(57)58)76(62)70(65)69/h7-42H,1-6H3. The van der Waals surface area contributed by atoms with E-state index in [9.17, 15) is 0 Å². The van der Waals surface area contributed by atoms with Gasteiger partial charge in [-0.3, -0.25) is 0 Å². The molecule has 0 spiro atoms. The quantitative estimate of drug-likeness (QED) is 0.149. The SMILES string of the molecule is Cc1cc(C)c(-c2ccc3c(c2)c2cc(-c4c(C)cc(C)cc4C)cc4c2n3-c2cc(-c3ccc(-c5nc(-c6ccccc6)nc(-c6ccccc6)n5)cc3)c(-c3ccccc3)c3c2B4n2c4ccccc4c4cccc-3c42)c(C)c1. The fourth-order valence-corrected chi connectivity index (χ4v) is 14.4. The summed E-state index contributed by atoms with van der Waals surface area (Å²) >= 11 is 0. The molecule has 0 N–H and O–H groups in total. The summed E-state index contributed by atoms with van der Waals surface area (Å²) in [7, 11) is 0. The van der Waals surface area contributed by atoms with Gasteiger partial charge in [0, 0.05) is 60.5 Å². The summed E-state index contributed by atoms with van der Waals surface area (Å²) < 4.78 is 5.34. The second kappa shape index (κ2) is 17.8.